The summed E-state index contributed by atoms with van der Waals surface area (Å²) < 4.78 is 37.2. The molecule has 0 unspecified atom stereocenters. The van der Waals surface area contributed by atoms with Gasteiger partial charge >= 0.3 is 0 Å². The van der Waals surface area contributed by atoms with Gasteiger partial charge in [0, 0.05) is 19.8 Å². The minimum Gasteiger partial charge on any atom is -0.369 e. The van der Waals surface area contributed by atoms with Gasteiger partial charge in [-0.05, 0) is 36.2 Å². The van der Waals surface area contributed by atoms with Crippen molar-refractivity contribution in [2.75, 3.05) is 18.2 Å². The predicted octanol–water partition coefficient (Wildman–Crippen LogP) is 3.17. The molecule has 2 rings (SSSR count). The second-order valence-corrected chi connectivity index (χ2v) is 7.16. The van der Waals surface area contributed by atoms with E-state index in [1.54, 1.807) is 49.2 Å². The Morgan fingerprint density at radius 1 is 1.14 bits per heavy atom. The van der Waals surface area contributed by atoms with Crippen LogP contribution in [0.4, 0.5) is 10.1 Å². The Morgan fingerprint density at radius 3 is 2.43 bits per heavy atom. The van der Waals surface area contributed by atoms with Crippen LogP contribution in [0, 0.1) is 12.7 Å². The lowest BCUT2D eigenvalue weighted by Crippen LogP contribution is -2.19. The molecule has 0 saturated carbocycles. The molecule has 0 bridgehead atoms. The average Bonchev–Trinajstić information content (AvgIpc) is 2.42. The fraction of sp³-hybridized carbons (Fsp3) is 0.250. The maximum atomic E-state index is 13.6. The molecule has 0 N–H and O–H groups in total. The monoisotopic (exact) mass is 307 g/mol. The molecule has 0 aromatic heterocycles. The van der Waals surface area contributed by atoms with Crippen LogP contribution in [-0.2, 0) is 16.4 Å². The number of para-hydroxylation sites is 1. The topological polar surface area (TPSA) is 37.4 Å². The number of nitrogens with zero attached hydrogens (tertiary/aromatic N) is 1. The number of sulfone groups is 1. The molecule has 112 valence electrons. The Morgan fingerprint density at radius 2 is 1.81 bits per heavy atom. The van der Waals surface area contributed by atoms with Gasteiger partial charge in [0.15, 0.2) is 9.84 Å². The first-order valence-electron chi connectivity index (χ1n) is 6.54. The molecule has 3 nitrogen and oxygen atoms in total. The SMILES string of the molecule is Cc1ccc(CN(C)c2ccccc2S(C)(=O)=O)cc1F. The van der Waals surface area contributed by atoms with Gasteiger partial charge in [-0.15, -0.1) is 0 Å². The Kier molecular flexibility index (Phi) is 4.32. The van der Waals surface area contributed by atoms with Gasteiger partial charge in [0.2, 0.25) is 0 Å². The summed E-state index contributed by atoms with van der Waals surface area (Å²) in [7, 11) is -1.51. The van der Waals surface area contributed by atoms with Crippen molar-refractivity contribution in [1.29, 1.82) is 0 Å². The van der Waals surface area contributed by atoms with Crippen LogP contribution in [0.15, 0.2) is 47.4 Å². The third-order valence-electron chi connectivity index (χ3n) is 3.33. The van der Waals surface area contributed by atoms with E-state index in [1.165, 1.54) is 12.3 Å². The lowest BCUT2D eigenvalue weighted by atomic mass is 10.1. The molecule has 0 saturated heterocycles. The number of aryl methyl sites for hydroxylation is 1. The van der Waals surface area contributed by atoms with Crippen LogP contribution in [0.3, 0.4) is 0 Å². The van der Waals surface area contributed by atoms with Crippen molar-refractivity contribution < 1.29 is 12.8 Å². The summed E-state index contributed by atoms with van der Waals surface area (Å²) >= 11 is 0. The van der Waals surface area contributed by atoms with Crippen LogP contribution < -0.4 is 4.90 Å². The molecule has 2 aromatic rings. The molecule has 0 aliphatic carbocycles. The largest absolute Gasteiger partial charge is 0.369 e. The van der Waals surface area contributed by atoms with Crippen LogP contribution in [0.5, 0.6) is 0 Å². The first-order chi connectivity index (χ1) is 9.79. The van der Waals surface area contributed by atoms with Gasteiger partial charge in [-0.2, -0.15) is 0 Å². The number of benzene rings is 2. The van der Waals surface area contributed by atoms with E-state index in [4.69, 9.17) is 0 Å². The zero-order valence-electron chi connectivity index (χ0n) is 12.3. The third kappa shape index (κ3) is 3.61. The second-order valence-electron chi connectivity index (χ2n) is 5.18. The fourth-order valence-corrected chi connectivity index (χ4v) is 3.11. The Balaban J connectivity index is 2.33. The van der Waals surface area contributed by atoms with E-state index in [9.17, 15) is 12.8 Å². The summed E-state index contributed by atoms with van der Waals surface area (Å²) in [6.07, 6.45) is 1.19. The van der Waals surface area contributed by atoms with Gasteiger partial charge in [-0.1, -0.05) is 24.3 Å². The molecule has 21 heavy (non-hydrogen) atoms. The number of hydrogen-bond acceptors (Lipinski definition) is 3. The van der Waals surface area contributed by atoms with E-state index in [-0.39, 0.29) is 10.7 Å². The van der Waals surface area contributed by atoms with Gasteiger partial charge in [0.25, 0.3) is 0 Å². The second kappa shape index (κ2) is 5.85. The highest BCUT2D eigenvalue weighted by Gasteiger charge is 2.15. The minimum absolute atomic E-state index is 0.253. The van der Waals surface area contributed by atoms with Crippen molar-refractivity contribution in [3.05, 3.63) is 59.4 Å². The van der Waals surface area contributed by atoms with E-state index in [0.717, 1.165) is 5.56 Å². The number of rotatable bonds is 4. The zero-order valence-corrected chi connectivity index (χ0v) is 13.1. The predicted molar refractivity (Wildman–Crippen MR) is 82.8 cm³/mol. The van der Waals surface area contributed by atoms with E-state index in [0.29, 0.717) is 17.8 Å². The Labute approximate surface area is 124 Å². The number of halogens is 1. The summed E-state index contributed by atoms with van der Waals surface area (Å²) in [5, 5.41) is 0. The highest BCUT2D eigenvalue weighted by Crippen LogP contribution is 2.25. The first-order valence-corrected chi connectivity index (χ1v) is 8.43. The Hall–Kier alpha value is -1.88. The fourth-order valence-electron chi connectivity index (χ4n) is 2.18. The summed E-state index contributed by atoms with van der Waals surface area (Å²) in [5.74, 6) is -0.253. The number of hydrogen-bond donors (Lipinski definition) is 0. The van der Waals surface area contributed by atoms with Crippen LogP contribution in [0.2, 0.25) is 0 Å². The van der Waals surface area contributed by atoms with Crippen molar-refractivity contribution in [3.8, 4) is 0 Å². The molecule has 5 heteroatoms. The van der Waals surface area contributed by atoms with Crippen molar-refractivity contribution in [2.45, 2.75) is 18.4 Å². The zero-order chi connectivity index (χ0) is 15.6. The minimum atomic E-state index is -3.30. The molecule has 0 spiro atoms. The van der Waals surface area contributed by atoms with Crippen LogP contribution >= 0.6 is 0 Å². The van der Waals surface area contributed by atoms with E-state index in [1.807, 2.05) is 6.07 Å². The number of anilines is 1. The van der Waals surface area contributed by atoms with Crippen molar-refractivity contribution in [3.63, 3.8) is 0 Å². The van der Waals surface area contributed by atoms with Gasteiger partial charge < -0.3 is 4.90 Å². The first kappa shape index (κ1) is 15.5. The summed E-state index contributed by atoms with van der Waals surface area (Å²) in [6.45, 7) is 2.14. The van der Waals surface area contributed by atoms with Gasteiger partial charge in [-0.3, -0.25) is 0 Å². The molecule has 0 atom stereocenters. The normalized spacial score (nSPS) is 11.4. The quantitative estimate of drug-likeness (QED) is 0.870. The summed E-state index contributed by atoms with van der Waals surface area (Å²) in [4.78, 5) is 2.08. The molecule has 0 fully saturated rings. The summed E-state index contributed by atoms with van der Waals surface area (Å²) in [6, 6.07) is 11.9. The molecule has 0 aliphatic heterocycles. The highest BCUT2D eigenvalue weighted by atomic mass is 32.2. The lowest BCUT2D eigenvalue weighted by molar-refractivity contribution is 0.601. The average molecular weight is 307 g/mol. The maximum Gasteiger partial charge on any atom is 0.177 e. The molecule has 0 heterocycles. The van der Waals surface area contributed by atoms with Gasteiger partial charge in [-0.25, -0.2) is 12.8 Å². The van der Waals surface area contributed by atoms with Crippen molar-refractivity contribution >= 4 is 15.5 Å². The molecule has 0 amide bonds. The maximum absolute atomic E-state index is 13.6. The third-order valence-corrected chi connectivity index (χ3v) is 4.48. The van der Waals surface area contributed by atoms with Crippen molar-refractivity contribution in [2.24, 2.45) is 0 Å². The molecular weight excluding hydrogens is 289 g/mol. The molecule has 0 radical (unpaired) electrons. The van der Waals surface area contributed by atoms with E-state index in [2.05, 4.69) is 0 Å². The smallest absolute Gasteiger partial charge is 0.177 e. The summed E-state index contributed by atoms with van der Waals surface area (Å²) in [5.41, 5.74) is 2.00. The molecular formula is C16H18FNO2S. The lowest BCUT2D eigenvalue weighted by Gasteiger charge is -2.22. The van der Waals surface area contributed by atoms with Crippen LogP contribution in [-0.4, -0.2) is 21.7 Å². The van der Waals surface area contributed by atoms with Crippen molar-refractivity contribution in [1.82, 2.24) is 0 Å². The van der Waals surface area contributed by atoms with E-state index < -0.39 is 9.84 Å². The van der Waals surface area contributed by atoms with Gasteiger partial charge in [0.1, 0.15) is 5.82 Å². The standard InChI is InChI=1S/C16H18FNO2S/c1-12-8-9-13(10-14(12)17)11-18(2)15-6-4-5-7-16(15)21(3,19)20/h4-10H,11H2,1-3H3. The van der Waals surface area contributed by atoms with Gasteiger partial charge in [0.05, 0.1) is 10.6 Å². The van der Waals surface area contributed by atoms with Crippen LogP contribution in [0.1, 0.15) is 11.1 Å². The van der Waals surface area contributed by atoms with E-state index >= 15 is 0 Å². The highest BCUT2D eigenvalue weighted by molar-refractivity contribution is 7.90. The molecule has 0 aliphatic rings. The molecule has 2 aromatic carbocycles. The Bertz CT molecular complexity index is 757. The van der Waals surface area contributed by atoms with Crippen LogP contribution in [0.25, 0.3) is 0 Å².